The smallest absolute Gasteiger partial charge is 0.418 e. The molecule has 2 aromatic rings. The molecule has 0 atom stereocenters. The van der Waals surface area contributed by atoms with Crippen molar-refractivity contribution in [1.29, 1.82) is 0 Å². The number of para-hydroxylation sites is 1. The molecule has 4 nitrogen and oxygen atoms in total. The van der Waals surface area contributed by atoms with Crippen LogP contribution in [0, 0.1) is 0 Å². The number of halogens is 3. The van der Waals surface area contributed by atoms with Gasteiger partial charge in [-0.3, -0.25) is 0 Å². The quantitative estimate of drug-likeness (QED) is 0.729. The average Bonchev–Trinajstić information content (AvgIpc) is 2.61. The Morgan fingerprint density at radius 1 is 1.04 bits per heavy atom. The molecule has 0 saturated carbocycles. The molecule has 0 spiro atoms. The van der Waals surface area contributed by atoms with Crippen molar-refractivity contribution < 1.29 is 22.6 Å². The Morgan fingerprint density at radius 2 is 1.73 bits per heavy atom. The van der Waals surface area contributed by atoms with E-state index in [1.165, 1.54) is 18.2 Å². The monoisotopic (exact) mass is 384 g/mol. The Bertz CT molecular complexity index is 766. The maximum Gasteiger partial charge on any atom is 0.418 e. The van der Waals surface area contributed by atoms with Gasteiger partial charge < -0.3 is 20.1 Å². The number of benzene rings is 2. The van der Waals surface area contributed by atoms with Crippen molar-refractivity contribution in [3.63, 3.8) is 0 Å². The minimum atomic E-state index is -4.45. The van der Waals surface area contributed by atoms with E-state index >= 15 is 0 Å². The van der Waals surface area contributed by atoms with E-state index in [0.29, 0.717) is 24.5 Å². The number of ether oxygens (including phenoxy) is 2. The minimum Gasteiger partial charge on any atom is -0.493 e. The molecule has 2 N–H and O–H groups in total. The zero-order valence-corrected chi connectivity index (χ0v) is 15.1. The van der Waals surface area contributed by atoms with Gasteiger partial charge in [-0.15, -0.1) is 0 Å². The third kappa shape index (κ3) is 5.26. The highest BCUT2D eigenvalue weighted by Gasteiger charge is 2.33. The number of thiocarbonyl (C=S) groups is 1. The molecular formula is C18H19F3N2O2S. The van der Waals surface area contributed by atoms with E-state index < -0.39 is 11.7 Å². The van der Waals surface area contributed by atoms with Gasteiger partial charge in [0, 0.05) is 6.54 Å². The predicted octanol–water partition coefficient (Wildman–Crippen LogP) is 4.25. The van der Waals surface area contributed by atoms with Crippen LogP contribution in [0.4, 0.5) is 18.9 Å². The second-order valence-corrected chi connectivity index (χ2v) is 5.77. The molecule has 140 valence electrons. The Balaban J connectivity index is 1.92. The largest absolute Gasteiger partial charge is 0.493 e. The first kappa shape index (κ1) is 19.8. The standard InChI is InChI=1S/C18H19F3N2O2S/c1-24-15-8-7-12(11-16(15)25-2)9-10-22-17(26)23-14-6-4-3-5-13(14)18(19,20)21/h3-8,11H,9-10H2,1-2H3,(H2,22,23,26). The number of anilines is 1. The van der Waals surface area contributed by atoms with Crippen LogP contribution in [-0.2, 0) is 12.6 Å². The molecule has 0 aliphatic rings. The van der Waals surface area contributed by atoms with Crippen molar-refractivity contribution >= 4 is 23.0 Å². The van der Waals surface area contributed by atoms with Crippen LogP contribution in [0.25, 0.3) is 0 Å². The van der Waals surface area contributed by atoms with Gasteiger partial charge in [0.25, 0.3) is 0 Å². The first-order chi connectivity index (χ1) is 12.3. The SMILES string of the molecule is COc1ccc(CCNC(=S)Nc2ccccc2C(F)(F)F)cc1OC. The van der Waals surface area contributed by atoms with Gasteiger partial charge in [0.15, 0.2) is 16.6 Å². The van der Waals surface area contributed by atoms with Crippen LogP contribution in [0.1, 0.15) is 11.1 Å². The Labute approximate surface area is 155 Å². The normalized spacial score (nSPS) is 11.0. The molecule has 8 heteroatoms. The molecule has 0 aromatic heterocycles. The van der Waals surface area contributed by atoms with E-state index in [0.717, 1.165) is 11.6 Å². The lowest BCUT2D eigenvalue weighted by Crippen LogP contribution is -2.31. The zero-order valence-electron chi connectivity index (χ0n) is 14.3. The molecule has 2 rings (SSSR count). The van der Waals surface area contributed by atoms with Gasteiger partial charge in [0.2, 0.25) is 0 Å². The van der Waals surface area contributed by atoms with E-state index in [1.54, 1.807) is 20.3 Å². The van der Waals surface area contributed by atoms with Crippen molar-refractivity contribution in [1.82, 2.24) is 5.32 Å². The fourth-order valence-corrected chi connectivity index (χ4v) is 2.57. The molecule has 0 radical (unpaired) electrons. The summed E-state index contributed by atoms with van der Waals surface area (Å²) in [6.07, 6.45) is -3.83. The van der Waals surface area contributed by atoms with Crippen LogP contribution >= 0.6 is 12.2 Å². The van der Waals surface area contributed by atoms with Crippen LogP contribution in [0.3, 0.4) is 0 Å². The van der Waals surface area contributed by atoms with Crippen LogP contribution in [0.5, 0.6) is 11.5 Å². The van der Waals surface area contributed by atoms with Gasteiger partial charge in [-0.05, 0) is 48.5 Å². The highest BCUT2D eigenvalue weighted by Crippen LogP contribution is 2.34. The summed E-state index contributed by atoms with van der Waals surface area (Å²) >= 11 is 5.09. The van der Waals surface area contributed by atoms with Crippen molar-refractivity contribution in [2.45, 2.75) is 12.6 Å². The first-order valence-electron chi connectivity index (χ1n) is 7.77. The van der Waals surface area contributed by atoms with Gasteiger partial charge in [0.05, 0.1) is 25.5 Å². The fourth-order valence-electron chi connectivity index (χ4n) is 2.36. The topological polar surface area (TPSA) is 42.5 Å². The van der Waals surface area contributed by atoms with E-state index in [9.17, 15) is 13.2 Å². The van der Waals surface area contributed by atoms with E-state index in [4.69, 9.17) is 21.7 Å². The Kier molecular flexibility index (Phi) is 6.68. The molecular weight excluding hydrogens is 365 g/mol. The Morgan fingerprint density at radius 3 is 2.38 bits per heavy atom. The summed E-state index contributed by atoms with van der Waals surface area (Å²) in [7, 11) is 3.11. The summed E-state index contributed by atoms with van der Waals surface area (Å²) in [4.78, 5) is 0. The van der Waals surface area contributed by atoms with Crippen molar-refractivity contribution in [3.05, 3.63) is 53.6 Å². The number of nitrogens with one attached hydrogen (secondary N) is 2. The lowest BCUT2D eigenvalue weighted by atomic mass is 10.1. The third-order valence-electron chi connectivity index (χ3n) is 3.63. The summed E-state index contributed by atoms with van der Waals surface area (Å²) in [6.45, 7) is 0.454. The van der Waals surface area contributed by atoms with Crippen molar-refractivity contribution in [2.75, 3.05) is 26.1 Å². The van der Waals surface area contributed by atoms with Crippen molar-refractivity contribution in [3.8, 4) is 11.5 Å². The molecule has 0 aliphatic carbocycles. The lowest BCUT2D eigenvalue weighted by molar-refractivity contribution is -0.136. The minimum absolute atomic E-state index is 0.0800. The average molecular weight is 384 g/mol. The molecule has 0 unspecified atom stereocenters. The number of hydrogen-bond donors (Lipinski definition) is 2. The van der Waals surface area contributed by atoms with Crippen LogP contribution in [-0.4, -0.2) is 25.9 Å². The first-order valence-corrected chi connectivity index (χ1v) is 8.18. The van der Waals surface area contributed by atoms with E-state index in [2.05, 4.69) is 10.6 Å². The van der Waals surface area contributed by atoms with Gasteiger partial charge in [-0.25, -0.2) is 0 Å². The molecule has 2 aromatic carbocycles. The van der Waals surface area contributed by atoms with Gasteiger partial charge in [-0.2, -0.15) is 13.2 Å². The highest BCUT2D eigenvalue weighted by atomic mass is 32.1. The second-order valence-electron chi connectivity index (χ2n) is 5.36. The molecule has 26 heavy (non-hydrogen) atoms. The number of methoxy groups -OCH3 is 2. The maximum atomic E-state index is 13.0. The Hall–Kier alpha value is -2.48. The van der Waals surface area contributed by atoms with Gasteiger partial charge in [-0.1, -0.05) is 18.2 Å². The molecule has 0 fully saturated rings. The third-order valence-corrected chi connectivity index (χ3v) is 3.87. The fraction of sp³-hybridized carbons (Fsp3) is 0.278. The lowest BCUT2D eigenvalue weighted by Gasteiger charge is -2.16. The summed E-state index contributed by atoms with van der Waals surface area (Å²) < 4.78 is 49.4. The number of hydrogen-bond acceptors (Lipinski definition) is 3. The summed E-state index contributed by atoms with van der Waals surface area (Å²) in [5.74, 6) is 1.25. The number of alkyl halides is 3. The summed E-state index contributed by atoms with van der Waals surface area (Å²) in [5.41, 5.74) is 0.140. The van der Waals surface area contributed by atoms with E-state index in [-0.39, 0.29) is 10.8 Å². The predicted molar refractivity (Wildman–Crippen MR) is 98.9 cm³/mol. The van der Waals surface area contributed by atoms with Gasteiger partial charge in [0.1, 0.15) is 0 Å². The van der Waals surface area contributed by atoms with Crippen molar-refractivity contribution in [2.24, 2.45) is 0 Å². The number of rotatable bonds is 6. The summed E-state index contributed by atoms with van der Waals surface area (Å²) in [5, 5.41) is 5.63. The van der Waals surface area contributed by atoms with Crippen LogP contribution in [0.15, 0.2) is 42.5 Å². The molecule has 0 heterocycles. The molecule has 0 bridgehead atoms. The zero-order chi connectivity index (χ0) is 19.2. The second kappa shape index (κ2) is 8.75. The molecule has 0 amide bonds. The molecule has 0 saturated heterocycles. The van der Waals surface area contributed by atoms with Gasteiger partial charge >= 0.3 is 6.18 Å². The summed E-state index contributed by atoms with van der Waals surface area (Å²) in [6, 6.07) is 10.7. The van der Waals surface area contributed by atoms with Crippen LogP contribution < -0.4 is 20.1 Å². The highest BCUT2D eigenvalue weighted by molar-refractivity contribution is 7.80. The van der Waals surface area contributed by atoms with E-state index in [1.807, 2.05) is 12.1 Å². The molecule has 0 aliphatic heterocycles. The maximum absolute atomic E-state index is 13.0. The van der Waals surface area contributed by atoms with Crippen LogP contribution in [0.2, 0.25) is 0 Å².